The van der Waals surface area contributed by atoms with E-state index in [1.807, 2.05) is 21.1 Å². The summed E-state index contributed by atoms with van der Waals surface area (Å²) in [7, 11) is 1.50. The van der Waals surface area contributed by atoms with Gasteiger partial charge in [0, 0.05) is 0 Å². The van der Waals surface area contributed by atoms with Crippen LogP contribution in [0.5, 0.6) is 0 Å². The van der Waals surface area contributed by atoms with Gasteiger partial charge in [0.25, 0.3) is 0 Å². The van der Waals surface area contributed by atoms with Crippen molar-refractivity contribution < 1.29 is 38.4 Å². The highest BCUT2D eigenvalue weighted by atomic mass is 31.2. The molecular formula is C9H24N2O7P+. The first-order valence-corrected chi connectivity index (χ1v) is 6.96. The SMILES string of the molecule is C[C@@H](O)[C@H](N)C(=O)O.C[N+](C)(C)CCOP(=O)(O)O. The van der Waals surface area contributed by atoms with Gasteiger partial charge in [0.1, 0.15) is 19.2 Å². The van der Waals surface area contributed by atoms with Crippen LogP contribution in [0.1, 0.15) is 6.92 Å². The van der Waals surface area contributed by atoms with Crippen molar-refractivity contribution in [1.29, 1.82) is 0 Å². The third-order valence-electron chi connectivity index (χ3n) is 1.83. The number of likely N-dealkylation sites (N-methyl/N-ethyl adjacent to an activating group) is 1. The average molecular weight is 303 g/mol. The zero-order valence-electron chi connectivity index (χ0n) is 11.6. The van der Waals surface area contributed by atoms with Crippen molar-refractivity contribution >= 4 is 13.8 Å². The van der Waals surface area contributed by atoms with Gasteiger partial charge >= 0.3 is 13.8 Å². The zero-order valence-corrected chi connectivity index (χ0v) is 12.4. The molecule has 0 aromatic carbocycles. The van der Waals surface area contributed by atoms with Gasteiger partial charge < -0.3 is 30.2 Å². The van der Waals surface area contributed by atoms with Crippen molar-refractivity contribution in [3.63, 3.8) is 0 Å². The van der Waals surface area contributed by atoms with Gasteiger partial charge in [-0.1, -0.05) is 0 Å². The Labute approximate surface area is 112 Å². The van der Waals surface area contributed by atoms with Gasteiger partial charge in [-0.05, 0) is 6.92 Å². The number of aliphatic hydroxyl groups is 1. The molecule has 0 aliphatic heterocycles. The predicted molar refractivity (Wildman–Crippen MR) is 68.2 cm³/mol. The second-order valence-electron chi connectivity index (χ2n) is 4.94. The smallest absolute Gasteiger partial charge is 0.469 e. The molecular weight excluding hydrogens is 279 g/mol. The van der Waals surface area contributed by atoms with Crippen LogP contribution in [0.15, 0.2) is 0 Å². The number of nitrogens with two attached hydrogens (primary N) is 1. The quantitative estimate of drug-likeness (QED) is 0.296. The van der Waals surface area contributed by atoms with E-state index < -0.39 is 25.9 Å². The van der Waals surface area contributed by atoms with E-state index in [0.717, 1.165) is 0 Å². The first kappa shape index (κ1) is 20.8. The first-order valence-electron chi connectivity index (χ1n) is 5.43. The van der Waals surface area contributed by atoms with Gasteiger partial charge in [-0.25, -0.2) is 4.57 Å². The standard InChI is InChI=1S/C5H14NO4P.C4H9NO3/c1-6(2,3)4-5-10-11(7,8)9;1-2(6)3(5)4(7)8/h4-5H2,1-3H3,(H-,7,8,9);2-3,6H,5H2,1H3,(H,7,8)/p+1/t;2-,3+/m.1/s1. The molecule has 2 atom stereocenters. The Kier molecular flexibility index (Phi) is 9.40. The number of carbonyl (C=O) groups is 1. The van der Waals surface area contributed by atoms with E-state index >= 15 is 0 Å². The minimum atomic E-state index is -4.26. The molecule has 0 unspecified atom stereocenters. The normalized spacial score (nSPS) is 15.2. The Hall–Kier alpha value is -0.540. The van der Waals surface area contributed by atoms with Gasteiger partial charge in [-0.3, -0.25) is 9.32 Å². The fourth-order valence-corrected chi connectivity index (χ4v) is 0.959. The van der Waals surface area contributed by atoms with E-state index in [9.17, 15) is 9.36 Å². The molecule has 0 saturated heterocycles. The number of aliphatic carboxylic acids is 1. The highest BCUT2D eigenvalue weighted by Gasteiger charge is 2.16. The van der Waals surface area contributed by atoms with Crippen molar-refractivity contribution in [2.45, 2.75) is 19.1 Å². The Morgan fingerprint density at radius 1 is 1.37 bits per heavy atom. The molecule has 0 amide bonds. The average Bonchev–Trinajstić information content (AvgIpc) is 2.12. The molecule has 9 nitrogen and oxygen atoms in total. The maximum absolute atomic E-state index is 10.2. The van der Waals surface area contributed by atoms with Gasteiger partial charge in [0.2, 0.25) is 0 Å². The highest BCUT2D eigenvalue weighted by Crippen LogP contribution is 2.35. The van der Waals surface area contributed by atoms with Crippen LogP contribution in [0.4, 0.5) is 0 Å². The third kappa shape index (κ3) is 17.5. The largest absolute Gasteiger partial charge is 0.480 e. The summed E-state index contributed by atoms with van der Waals surface area (Å²) in [5, 5.41) is 16.6. The van der Waals surface area contributed by atoms with Gasteiger partial charge in [0.15, 0.2) is 0 Å². The van der Waals surface area contributed by atoms with E-state index in [2.05, 4.69) is 4.52 Å². The van der Waals surface area contributed by atoms with Crippen molar-refractivity contribution in [2.75, 3.05) is 34.3 Å². The first-order chi connectivity index (χ1) is 8.26. The van der Waals surface area contributed by atoms with Crippen LogP contribution in [0.3, 0.4) is 0 Å². The van der Waals surface area contributed by atoms with Crippen LogP contribution in [0.25, 0.3) is 0 Å². The molecule has 0 rings (SSSR count). The Bertz CT molecular complexity index is 310. The van der Waals surface area contributed by atoms with E-state index in [4.69, 9.17) is 25.7 Å². The summed E-state index contributed by atoms with van der Waals surface area (Å²) in [6, 6.07) is -1.16. The van der Waals surface area contributed by atoms with Gasteiger partial charge in [0.05, 0.1) is 27.2 Å². The van der Waals surface area contributed by atoms with Crippen LogP contribution < -0.4 is 5.73 Å². The van der Waals surface area contributed by atoms with Crippen molar-refractivity contribution in [3.8, 4) is 0 Å². The molecule has 0 aromatic rings. The Balaban J connectivity index is 0. The molecule has 6 N–H and O–H groups in total. The Morgan fingerprint density at radius 3 is 1.95 bits per heavy atom. The number of carboxylic acid groups (broad SMARTS) is 1. The molecule has 0 heterocycles. The van der Waals surface area contributed by atoms with Crippen LogP contribution in [-0.4, -0.2) is 76.9 Å². The lowest BCUT2D eigenvalue weighted by Gasteiger charge is -2.23. The summed E-state index contributed by atoms with van der Waals surface area (Å²) in [5.74, 6) is -1.18. The second kappa shape index (κ2) is 8.60. The number of hydrogen-bond acceptors (Lipinski definition) is 5. The van der Waals surface area contributed by atoms with E-state index in [1.165, 1.54) is 6.92 Å². The number of phosphoric ester groups is 1. The topological polar surface area (TPSA) is 150 Å². The summed E-state index contributed by atoms with van der Waals surface area (Å²) < 4.78 is 15.1. The second-order valence-corrected chi connectivity index (χ2v) is 6.18. The van der Waals surface area contributed by atoms with Crippen molar-refractivity contribution in [3.05, 3.63) is 0 Å². The van der Waals surface area contributed by atoms with Gasteiger partial charge in [-0.15, -0.1) is 0 Å². The third-order valence-corrected chi connectivity index (χ3v) is 2.35. The molecule has 0 aromatic heterocycles. The number of quaternary nitrogens is 1. The van der Waals surface area contributed by atoms with E-state index in [0.29, 0.717) is 11.0 Å². The molecule has 19 heavy (non-hydrogen) atoms. The fourth-order valence-electron chi connectivity index (χ4n) is 0.640. The summed E-state index contributed by atoms with van der Waals surface area (Å²) in [6.45, 7) is 1.98. The molecule has 0 fully saturated rings. The number of aliphatic hydroxyl groups excluding tert-OH is 1. The van der Waals surface area contributed by atoms with Crippen molar-refractivity contribution in [1.82, 2.24) is 0 Å². The van der Waals surface area contributed by atoms with Crippen LogP contribution in [0, 0.1) is 0 Å². The van der Waals surface area contributed by atoms with Gasteiger partial charge in [-0.2, -0.15) is 0 Å². The summed E-state index contributed by atoms with van der Waals surface area (Å²) in [5.41, 5.74) is 4.91. The minimum Gasteiger partial charge on any atom is -0.480 e. The van der Waals surface area contributed by atoms with Crippen LogP contribution >= 0.6 is 7.82 Å². The lowest BCUT2D eigenvalue weighted by molar-refractivity contribution is -0.870. The number of nitrogens with zero attached hydrogens (tertiary/aromatic N) is 1. The van der Waals surface area contributed by atoms with E-state index in [-0.39, 0.29) is 6.61 Å². The molecule has 0 radical (unpaired) electrons. The lowest BCUT2D eigenvalue weighted by atomic mass is 10.2. The summed E-state index contributed by atoms with van der Waals surface area (Å²) >= 11 is 0. The summed E-state index contributed by atoms with van der Waals surface area (Å²) in [4.78, 5) is 26.4. The van der Waals surface area contributed by atoms with Crippen LogP contribution in [-0.2, 0) is 13.9 Å². The molecule has 0 aliphatic carbocycles. The highest BCUT2D eigenvalue weighted by molar-refractivity contribution is 7.46. The van der Waals surface area contributed by atoms with Crippen LogP contribution in [0.2, 0.25) is 0 Å². The zero-order chi connectivity index (χ0) is 15.9. The molecule has 0 spiro atoms. The summed E-state index contributed by atoms with van der Waals surface area (Å²) in [6.07, 6.45) is -0.979. The maximum atomic E-state index is 10.2. The fraction of sp³-hybridized carbons (Fsp3) is 0.889. The Morgan fingerprint density at radius 2 is 1.79 bits per heavy atom. The number of rotatable bonds is 6. The molecule has 0 saturated carbocycles. The molecule has 0 bridgehead atoms. The number of carboxylic acids is 1. The minimum absolute atomic E-state index is 0.0772. The number of hydrogen-bond donors (Lipinski definition) is 5. The maximum Gasteiger partial charge on any atom is 0.469 e. The predicted octanol–water partition coefficient (Wildman–Crippen LogP) is -1.42. The number of phosphoric acid groups is 1. The monoisotopic (exact) mass is 303 g/mol. The molecule has 116 valence electrons. The van der Waals surface area contributed by atoms with Crippen molar-refractivity contribution in [2.24, 2.45) is 5.73 Å². The molecule has 0 aliphatic rings. The molecule has 10 heteroatoms. The lowest BCUT2D eigenvalue weighted by Crippen LogP contribution is -2.39. The van der Waals surface area contributed by atoms with E-state index in [1.54, 1.807) is 0 Å².